The van der Waals surface area contributed by atoms with E-state index in [2.05, 4.69) is 20.9 Å². The van der Waals surface area contributed by atoms with Crippen molar-refractivity contribution >= 4 is 21.8 Å². The van der Waals surface area contributed by atoms with E-state index in [0.29, 0.717) is 11.1 Å². The van der Waals surface area contributed by atoms with Gasteiger partial charge in [0.15, 0.2) is 17.5 Å². The fourth-order valence-electron chi connectivity index (χ4n) is 2.77. The number of likely N-dealkylation sites (tertiary alicyclic amines) is 1. The summed E-state index contributed by atoms with van der Waals surface area (Å²) in [6.45, 7) is 0.566. The average molecular weight is 388 g/mol. The maximum absolute atomic E-state index is 13.9. The number of carbonyl (C=O) groups is 1. The van der Waals surface area contributed by atoms with E-state index in [1.54, 1.807) is 22.8 Å². The lowest BCUT2D eigenvalue weighted by atomic mass is 9.97. The van der Waals surface area contributed by atoms with Gasteiger partial charge in [0, 0.05) is 25.9 Å². The highest BCUT2D eigenvalue weighted by Crippen LogP contribution is 2.32. The van der Waals surface area contributed by atoms with Gasteiger partial charge in [0.05, 0.1) is 18.6 Å². The minimum absolute atomic E-state index is 0.0313. The summed E-state index contributed by atoms with van der Waals surface area (Å²) in [5.41, 5.74) is 0.841. The molecule has 1 fully saturated rings. The third kappa shape index (κ3) is 2.87. The second-order valence-electron chi connectivity index (χ2n) is 5.53. The quantitative estimate of drug-likeness (QED) is 0.758. The highest BCUT2D eigenvalue weighted by Gasteiger charge is 2.34. The first-order valence-corrected chi connectivity index (χ1v) is 7.74. The van der Waals surface area contributed by atoms with Crippen LogP contribution < -0.4 is 0 Å². The Morgan fingerprint density at radius 3 is 2.70 bits per heavy atom. The maximum Gasteiger partial charge on any atom is 0.223 e. The van der Waals surface area contributed by atoms with Crippen molar-refractivity contribution in [2.24, 2.45) is 7.05 Å². The Balaban J connectivity index is 1.82. The molecule has 2 heterocycles. The van der Waals surface area contributed by atoms with Crippen LogP contribution in [0.4, 0.5) is 13.2 Å². The maximum atomic E-state index is 13.9. The third-order valence-corrected chi connectivity index (χ3v) is 4.73. The van der Waals surface area contributed by atoms with Crippen molar-refractivity contribution in [3.63, 3.8) is 0 Å². The molecule has 1 aromatic heterocycles. The Morgan fingerprint density at radius 2 is 2.04 bits per heavy atom. The van der Waals surface area contributed by atoms with Crippen molar-refractivity contribution in [1.82, 2.24) is 14.5 Å². The molecule has 0 aliphatic carbocycles. The molecule has 8 heteroatoms. The summed E-state index contributed by atoms with van der Waals surface area (Å²) >= 11 is 3.31. The predicted octanol–water partition coefficient (Wildman–Crippen LogP) is 3.12. The summed E-state index contributed by atoms with van der Waals surface area (Å²) in [5.74, 6) is -4.60. The highest BCUT2D eigenvalue weighted by atomic mass is 79.9. The Bertz CT molecular complexity index is 758. The van der Waals surface area contributed by atoms with Crippen LogP contribution >= 0.6 is 15.9 Å². The standard InChI is InChI=1S/C15H13BrF3N3O/c1-21-7-20-15(16)11(21)6-22-5-8(4-12(22)23)9-2-3-10(17)14(19)13(9)18/h2-3,7-8H,4-6H2,1H3. The fourth-order valence-corrected chi connectivity index (χ4v) is 3.27. The molecule has 0 N–H and O–H groups in total. The zero-order chi connectivity index (χ0) is 16.7. The van der Waals surface area contributed by atoms with Crippen LogP contribution in [0.5, 0.6) is 0 Å². The van der Waals surface area contributed by atoms with Crippen LogP contribution in [0.25, 0.3) is 0 Å². The SMILES string of the molecule is Cn1cnc(Br)c1CN1CC(c2ccc(F)c(F)c2F)CC1=O. The topological polar surface area (TPSA) is 38.1 Å². The van der Waals surface area contributed by atoms with Gasteiger partial charge in [-0.15, -0.1) is 0 Å². The second-order valence-corrected chi connectivity index (χ2v) is 6.28. The number of benzene rings is 1. The molecule has 0 radical (unpaired) electrons. The van der Waals surface area contributed by atoms with E-state index in [1.807, 2.05) is 0 Å². The van der Waals surface area contributed by atoms with Crippen molar-refractivity contribution < 1.29 is 18.0 Å². The molecule has 0 bridgehead atoms. The van der Waals surface area contributed by atoms with Crippen LogP contribution in [-0.2, 0) is 18.4 Å². The van der Waals surface area contributed by atoms with Gasteiger partial charge in [-0.25, -0.2) is 18.2 Å². The number of aryl methyl sites for hydroxylation is 1. The summed E-state index contributed by atoms with van der Waals surface area (Å²) in [5, 5.41) is 0. The number of carbonyl (C=O) groups excluding carboxylic acids is 1. The average Bonchev–Trinajstić information content (AvgIpc) is 3.02. The lowest BCUT2D eigenvalue weighted by molar-refractivity contribution is -0.128. The van der Waals surface area contributed by atoms with Crippen LogP contribution in [0.3, 0.4) is 0 Å². The van der Waals surface area contributed by atoms with Gasteiger partial charge in [0.2, 0.25) is 5.91 Å². The molecule has 0 saturated carbocycles. The minimum atomic E-state index is -1.50. The number of halogens is 4. The van der Waals surface area contributed by atoms with Crippen LogP contribution in [0.15, 0.2) is 23.1 Å². The van der Waals surface area contributed by atoms with Crippen molar-refractivity contribution in [3.05, 3.63) is 51.8 Å². The molecular formula is C15H13BrF3N3O. The number of amides is 1. The molecule has 1 atom stereocenters. The zero-order valence-corrected chi connectivity index (χ0v) is 13.8. The second kappa shape index (κ2) is 5.99. The van der Waals surface area contributed by atoms with Gasteiger partial charge in [0.25, 0.3) is 0 Å². The van der Waals surface area contributed by atoms with E-state index in [-0.39, 0.29) is 24.4 Å². The van der Waals surface area contributed by atoms with Gasteiger partial charge in [-0.2, -0.15) is 0 Å². The smallest absolute Gasteiger partial charge is 0.223 e. The first-order valence-electron chi connectivity index (χ1n) is 6.95. The predicted molar refractivity (Wildman–Crippen MR) is 80.0 cm³/mol. The van der Waals surface area contributed by atoms with Crippen LogP contribution in [0, 0.1) is 17.5 Å². The lowest BCUT2D eigenvalue weighted by Crippen LogP contribution is -2.25. The number of nitrogens with zero attached hydrogens (tertiary/aromatic N) is 3. The largest absolute Gasteiger partial charge is 0.336 e. The summed E-state index contributed by atoms with van der Waals surface area (Å²) < 4.78 is 42.7. The van der Waals surface area contributed by atoms with Gasteiger partial charge in [-0.3, -0.25) is 4.79 Å². The Hall–Kier alpha value is -1.83. The molecule has 3 rings (SSSR count). The summed E-state index contributed by atoms with van der Waals surface area (Å²) in [7, 11) is 1.81. The first kappa shape index (κ1) is 16.0. The molecule has 2 aromatic rings. The van der Waals surface area contributed by atoms with Gasteiger partial charge in [-0.05, 0) is 27.6 Å². The van der Waals surface area contributed by atoms with E-state index in [0.717, 1.165) is 11.8 Å². The fraction of sp³-hybridized carbons (Fsp3) is 0.333. The Labute approximate surface area is 139 Å². The third-order valence-electron chi connectivity index (χ3n) is 4.07. The van der Waals surface area contributed by atoms with Crippen LogP contribution in [0.2, 0.25) is 0 Å². The van der Waals surface area contributed by atoms with Gasteiger partial charge < -0.3 is 9.47 Å². The molecule has 23 heavy (non-hydrogen) atoms. The molecule has 1 amide bonds. The Kier molecular flexibility index (Phi) is 4.18. The molecule has 1 saturated heterocycles. The highest BCUT2D eigenvalue weighted by molar-refractivity contribution is 9.10. The number of hydrogen-bond donors (Lipinski definition) is 0. The van der Waals surface area contributed by atoms with Crippen LogP contribution in [0.1, 0.15) is 23.6 Å². The van der Waals surface area contributed by atoms with Crippen molar-refractivity contribution in [1.29, 1.82) is 0 Å². The van der Waals surface area contributed by atoms with Gasteiger partial charge in [0.1, 0.15) is 4.60 Å². The number of aromatic nitrogens is 2. The van der Waals surface area contributed by atoms with E-state index < -0.39 is 23.4 Å². The molecule has 122 valence electrons. The van der Waals surface area contributed by atoms with Gasteiger partial charge in [-0.1, -0.05) is 6.07 Å². The molecule has 0 spiro atoms. The monoisotopic (exact) mass is 387 g/mol. The molecule has 1 aliphatic heterocycles. The molecular weight excluding hydrogens is 375 g/mol. The first-order chi connectivity index (χ1) is 10.9. The molecule has 1 aromatic carbocycles. The van der Waals surface area contributed by atoms with E-state index in [9.17, 15) is 18.0 Å². The Morgan fingerprint density at radius 1 is 1.30 bits per heavy atom. The van der Waals surface area contributed by atoms with E-state index in [4.69, 9.17) is 0 Å². The summed E-state index contributed by atoms with van der Waals surface area (Å²) in [6.07, 6.45) is 1.68. The van der Waals surface area contributed by atoms with Crippen molar-refractivity contribution in [2.45, 2.75) is 18.9 Å². The van der Waals surface area contributed by atoms with Gasteiger partial charge >= 0.3 is 0 Å². The molecule has 1 aliphatic rings. The van der Waals surface area contributed by atoms with Crippen molar-refractivity contribution in [3.8, 4) is 0 Å². The summed E-state index contributed by atoms with van der Waals surface area (Å²) in [6, 6.07) is 2.09. The molecule has 1 unspecified atom stereocenters. The normalized spacial score (nSPS) is 18.0. The molecule has 4 nitrogen and oxygen atoms in total. The van der Waals surface area contributed by atoms with Crippen LogP contribution in [-0.4, -0.2) is 26.9 Å². The minimum Gasteiger partial charge on any atom is -0.336 e. The zero-order valence-electron chi connectivity index (χ0n) is 12.2. The van der Waals surface area contributed by atoms with E-state index in [1.165, 1.54) is 6.07 Å². The van der Waals surface area contributed by atoms with E-state index >= 15 is 0 Å². The number of hydrogen-bond acceptors (Lipinski definition) is 2. The van der Waals surface area contributed by atoms with Crippen molar-refractivity contribution in [2.75, 3.05) is 6.54 Å². The number of imidazole rings is 1. The summed E-state index contributed by atoms with van der Waals surface area (Å²) in [4.78, 5) is 17.8. The number of rotatable bonds is 3. The lowest BCUT2D eigenvalue weighted by Gasteiger charge is -2.17.